The van der Waals surface area contributed by atoms with Crippen molar-refractivity contribution in [2.75, 3.05) is 0 Å². The van der Waals surface area contributed by atoms with Crippen molar-refractivity contribution in [3.63, 3.8) is 0 Å². The van der Waals surface area contributed by atoms with Crippen molar-refractivity contribution in [3.8, 4) is 0 Å². The average molecular weight is 245 g/mol. The summed E-state index contributed by atoms with van der Waals surface area (Å²) in [5.41, 5.74) is -1.40. The number of aromatic nitrogens is 3. The van der Waals surface area contributed by atoms with Crippen molar-refractivity contribution in [2.24, 2.45) is 5.92 Å². The lowest BCUT2D eigenvalue weighted by Crippen LogP contribution is -2.28. The van der Waals surface area contributed by atoms with Crippen LogP contribution in [0, 0.1) is 5.92 Å². The predicted octanol–water partition coefficient (Wildman–Crippen LogP) is -0.341. The van der Waals surface area contributed by atoms with Gasteiger partial charge in [-0.3, -0.25) is 14.6 Å². The van der Waals surface area contributed by atoms with Gasteiger partial charge < -0.3 is 5.11 Å². The fraction of sp³-hybridized carbons (Fsp3) is 0.500. The number of rotatable bonds is 4. The second kappa shape index (κ2) is 4.97. The average Bonchev–Trinajstić information content (AvgIpc) is 2.15. The Balaban J connectivity index is 2.99. The number of H-pyrrole nitrogens is 2. The van der Waals surface area contributed by atoms with Gasteiger partial charge in [0.05, 0.1) is 0 Å². The molecule has 0 fully saturated rings. The van der Waals surface area contributed by atoms with Crippen LogP contribution in [0.15, 0.2) is 14.6 Å². The maximum absolute atomic E-state index is 11.3. The second-order valence-corrected chi connectivity index (χ2v) is 4.56. The molecule has 1 heterocycles. The van der Waals surface area contributed by atoms with Crippen LogP contribution in [-0.2, 0) is 4.79 Å². The van der Waals surface area contributed by atoms with Crippen LogP contribution >= 0.6 is 11.8 Å². The summed E-state index contributed by atoms with van der Waals surface area (Å²) in [7, 11) is 0. The molecule has 0 spiro atoms. The van der Waals surface area contributed by atoms with E-state index < -0.39 is 22.5 Å². The maximum atomic E-state index is 11.3. The van der Waals surface area contributed by atoms with Crippen LogP contribution in [0.25, 0.3) is 0 Å². The number of aromatic amines is 2. The molecule has 1 aromatic heterocycles. The topological polar surface area (TPSA) is 116 Å². The zero-order valence-corrected chi connectivity index (χ0v) is 9.50. The number of nitrogens with one attached hydrogen (secondary N) is 2. The smallest absolute Gasteiger partial charge is 0.342 e. The van der Waals surface area contributed by atoms with Gasteiger partial charge in [0, 0.05) is 0 Å². The predicted molar refractivity (Wildman–Crippen MR) is 57.6 cm³/mol. The highest BCUT2D eigenvalue weighted by Crippen LogP contribution is 2.23. The van der Waals surface area contributed by atoms with Crippen LogP contribution < -0.4 is 11.2 Å². The minimum Gasteiger partial charge on any atom is -0.480 e. The van der Waals surface area contributed by atoms with Crippen molar-refractivity contribution in [1.29, 1.82) is 0 Å². The molecule has 0 aliphatic carbocycles. The van der Waals surface area contributed by atoms with Gasteiger partial charge in [0.2, 0.25) is 0 Å². The highest BCUT2D eigenvalue weighted by atomic mass is 32.2. The molecule has 88 valence electrons. The van der Waals surface area contributed by atoms with E-state index in [-0.39, 0.29) is 10.9 Å². The highest BCUT2D eigenvalue weighted by Gasteiger charge is 2.24. The van der Waals surface area contributed by atoms with Gasteiger partial charge in [-0.25, -0.2) is 9.89 Å². The Labute approximate surface area is 94.3 Å². The molecule has 0 aliphatic rings. The van der Waals surface area contributed by atoms with Crippen LogP contribution in [0.4, 0.5) is 0 Å². The van der Waals surface area contributed by atoms with Crippen molar-refractivity contribution in [1.82, 2.24) is 15.2 Å². The van der Waals surface area contributed by atoms with Gasteiger partial charge in [0.15, 0.2) is 5.03 Å². The lowest BCUT2D eigenvalue weighted by molar-refractivity contribution is -0.137. The summed E-state index contributed by atoms with van der Waals surface area (Å²) in [4.78, 5) is 34.8. The van der Waals surface area contributed by atoms with E-state index in [1.54, 1.807) is 13.8 Å². The summed E-state index contributed by atoms with van der Waals surface area (Å²) >= 11 is 0.816. The van der Waals surface area contributed by atoms with Gasteiger partial charge >= 0.3 is 11.7 Å². The molecular weight excluding hydrogens is 234 g/mol. The molecule has 3 N–H and O–H groups in total. The lowest BCUT2D eigenvalue weighted by atomic mass is 10.1. The Kier molecular flexibility index (Phi) is 3.88. The molecule has 0 saturated heterocycles. The van der Waals surface area contributed by atoms with Gasteiger partial charge in [-0.05, 0) is 5.92 Å². The first-order chi connectivity index (χ1) is 7.41. The molecule has 0 saturated carbocycles. The zero-order valence-electron chi connectivity index (χ0n) is 8.68. The Hall–Kier alpha value is -1.57. The molecule has 0 aliphatic heterocycles. The first-order valence-electron chi connectivity index (χ1n) is 4.50. The van der Waals surface area contributed by atoms with E-state index in [4.69, 9.17) is 5.11 Å². The Bertz CT molecular complexity index is 493. The van der Waals surface area contributed by atoms with Crippen molar-refractivity contribution in [2.45, 2.75) is 24.1 Å². The van der Waals surface area contributed by atoms with Crippen LogP contribution in [0.3, 0.4) is 0 Å². The first kappa shape index (κ1) is 12.5. The molecule has 0 radical (unpaired) electrons. The number of carboxylic acids is 1. The molecule has 0 amide bonds. The van der Waals surface area contributed by atoms with Gasteiger partial charge in [-0.15, -0.1) is 0 Å². The molecule has 7 nitrogen and oxygen atoms in total. The Morgan fingerprint density at radius 1 is 1.44 bits per heavy atom. The summed E-state index contributed by atoms with van der Waals surface area (Å²) in [6, 6.07) is 0. The van der Waals surface area contributed by atoms with Gasteiger partial charge in [0.25, 0.3) is 5.56 Å². The van der Waals surface area contributed by atoms with E-state index >= 15 is 0 Å². The fourth-order valence-electron chi connectivity index (χ4n) is 1.01. The van der Waals surface area contributed by atoms with Gasteiger partial charge in [0.1, 0.15) is 5.25 Å². The van der Waals surface area contributed by atoms with E-state index in [0.717, 1.165) is 11.8 Å². The summed E-state index contributed by atoms with van der Waals surface area (Å²) in [5.74, 6) is -1.18. The molecule has 8 heteroatoms. The second-order valence-electron chi connectivity index (χ2n) is 3.43. The normalized spacial score (nSPS) is 12.7. The third kappa shape index (κ3) is 2.96. The van der Waals surface area contributed by atoms with Gasteiger partial charge in [-0.2, -0.15) is 5.10 Å². The lowest BCUT2D eigenvalue weighted by Gasteiger charge is -2.13. The number of aliphatic carboxylic acids is 1. The van der Waals surface area contributed by atoms with Crippen LogP contribution in [0.1, 0.15) is 13.8 Å². The minimum absolute atomic E-state index is 0.0549. The zero-order chi connectivity index (χ0) is 12.3. The fourth-order valence-corrected chi connectivity index (χ4v) is 1.88. The maximum Gasteiger partial charge on any atom is 0.342 e. The molecule has 0 aromatic carbocycles. The Morgan fingerprint density at radius 3 is 2.50 bits per heavy atom. The molecule has 0 unspecified atom stereocenters. The van der Waals surface area contributed by atoms with E-state index in [1.807, 2.05) is 10.1 Å². The van der Waals surface area contributed by atoms with Crippen molar-refractivity contribution < 1.29 is 9.90 Å². The van der Waals surface area contributed by atoms with Crippen molar-refractivity contribution in [3.05, 3.63) is 20.8 Å². The SMILES string of the molecule is CC(C)[C@H](Sc1n[nH]c(=O)[nH]c1=O)C(=O)O. The monoisotopic (exact) mass is 245 g/mol. The molecular formula is C8H11N3O4S. The number of hydrogen-bond acceptors (Lipinski definition) is 5. The molecule has 0 bridgehead atoms. The van der Waals surface area contributed by atoms with Crippen LogP contribution in [0.2, 0.25) is 0 Å². The summed E-state index contributed by atoms with van der Waals surface area (Å²) in [6.07, 6.45) is 0. The number of nitrogens with zero attached hydrogens (tertiary/aromatic N) is 1. The van der Waals surface area contributed by atoms with Crippen LogP contribution in [0.5, 0.6) is 0 Å². The largest absolute Gasteiger partial charge is 0.480 e. The molecule has 16 heavy (non-hydrogen) atoms. The number of carboxylic acid groups (broad SMARTS) is 1. The third-order valence-electron chi connectivity index (χ3n) is 1.77. The van der Waals surface area contributed by atoms with Gasteiger partial charge in [-0.1, -0.05) is 25.6 Å². The first-order valence-corrected chi connectivity index (χ1v) is 5.38. The summed E-state index contributed by atoms with van der Waals surface area (Å²) < 4.78 is 0. The minimum atomic E-state index is -1.02. The van der Waals surface area contributed by atoms with Crippen molar-refractivity contribution >= 4 is 17.7 Å². The summed E-state index contributed by atoms with van der Waals surface area (Å²) in [6.45, 7) is 3.46. The van der Waals surface area contributed by atoms with Crippen LogP contribution in [-0.4, -0.2) is 31.5 Å². The van der Waals surface area contributed by atoms with E-state index in [1.165, 1.54) is 0 Å². The van der Waals surface area contributed by atoms with E-state index in [0.29, 0.717) is 0 Å². The van der Waals surface area contributed by atoms with E-state index in [9.17, 15) is 14.4 Å². The molecule has 1 atom stereocenters. The standard InChI is InChI=1S/C8H11N3O4S/c1-3(2)4(7(13)14)16-6-5(12)9-8(15)11-10-6/h3-4H,1-2H3,(H,13,14)(H2,9,11,12,15)/t4-/m0/s1. The number of carbonyl (C=O) groups is 1. The summed E-state index contributed by atoms with van der Waals surface area (Å²) in [5, 5.41) is 13.6. The molecule has 1 rings (SSSR count). The number of thioether (sulfide) groups is 1. The number of hydrogen-bond donors (Lipinski definition) is 3. The quantitative estimate of drug-likeness (QED) is 0.625. The Morgan fingerprint density at radius 2 is 2.06 bits per heavy atom. The highest BCUT2D eigenvalue weighted by molar-refractivity contribution is 8.00. The third-order valence-corrected chi connectivity index (χ3v) is 3.27. The van der Waals surface area contributed by atoms with E-state index in [2.05, 4.69) is 5.10 Å². The molecule has 1 aromatic rings.